The van der Waals surface area contributed by atoms with Gasteiger partial charge in [-0.1, -0.05) is 6.92 Å². The van der Waals surface area contributed by atoms with E-state index < -0.39 is 0 Å². The van der Waals surface area contributed by atoms with Gasteiger partial charge in [-0.2, -0.15) is 5.10 Å². The zero-order valence-corrected chi connectivity index (χ0v) is 10.6. The van der Waals surface area contributed by atoms with E-state index in [0.717, 1.165) is 24.1 Å². The molecule has 1 heterocycles. The molecule has 0 aromatic carbocycles. The summed E-state index contributed by atoms with van der Waals surface area (Å²) >= 11 is 0. The number of hydrogen-bond acceptors (Lipinski definition) is 3. The number of hydrogen-bond donors (Lipinski definition) is 1. The maximum absolute atomic E-state index is 4.37. The van der Waals surface area contributed by atoms with E-state index in [1.807, 2.05) is 11.7 Å². The zero-order chi connectivity index (χ0) is 11.7. The Balaban J connectivity index is 2.04. The van der Waals surface area contributed by atoms with Gasteiger partial charge in [0.1, 0.15) is 12.2 Å². The molecule has 16 heavy (non-hydrogen) atoms. The number of likely N-dealkylation sites (N-methyl/N-ethyl adjacent to an activating group) is 1. The standard InChI is InChI=1S/C12H22N4/c1-8(2)16-12(14-7-15-16)6-11(13-4)10-5-9(10)3/h7-11,13H,5-6H2,1-4H3. The Bertz CT molecular complexity index is 345. The first kappa shape index (κ1) is 11.6. The summed E-state index contributed by atoms with van der Waals surface area (Å²) in [4.78, 5) is 4.37. The molecule has 0 bridgehead atoms. The van der Waals surface area contributed by atoms with Crippen LogP contribution in [0.5, 0.6) is 0 Å². The van der Waals surface area contributed by atoms with Crippen molar-refractivity contribution in [3.63, 3.8) is 0 Å². The molecule has 1 fully saturated rings. The normalized spacial score (nSPS) is 26.1. The summed E-state index contributed by atoms with van der Waals surface area (Å²) in [6.07, 6.45) is 4.00. The monoisotopic (exact) mass is 222 g/mol. The number of nitrogens with zero attached hydrogens (tertiary/aromatic N) is 3. The molecule has 1 aliphatic carbocycles. The first-order valence-electron chi connectivity index (χ1n) is 6.19. The van der Waals surface area contributed by atoms with Crippen molar-refractivity contribution < 1.29 is 0 Å². The van der Waals surface area contributed by atoms with Gasteiger partial charge in [-0.05, 0) is 39.2 Å². The van der Waals surface area contributed by atoms with Crippen LogP contribution in [0.25, 0.3) is 0 Å². The predicted molar refractivity (Wildman–Crippen MR) is 64.2 cm³/mol. The van der Waals surface area contributed by atoms with E-state index in [0.29, 0.717) is 12.1 Å². The molecule has 0 aliphatic heterocycles. The average molecular weight is 222 g/mol. The minimum Gasteiger partial charge on any atom is -0.316 e. The van der Waals surface area contributed by atoms with Crippen molar-refractivity contribution >= 4 is 0 Å². The number of aromatic nitrogens is 3. The molecule has 1 aromatic heterocycles. The first-order chi connectivity index (χ1) is 7.63. The lowest BCUT2D eigenvalue weighted by Gasteiger charge is -2.17. The lowest BCUT2D eigenvalue weighted by atomic mass is 10.1. The Labute approximate surface area is 97.5 Å². The summed E-state index contributed by atoms with van der Waals surface area (Å²) in [5.74, 6) is 2.80. The molecular weight excluding hydrogens is 200 g/mol. The van der Waals surface area contributed by atoms with Crippen LogP contribution in [0, 0.1) is 11.8 Å². The topological polar surface area (TPSA) is 42.7 Å². The molecule has 4 heteroatoms. The Kier molecular flexibility index (Phi) is 3.28. The van der Waals surface area contributed by atoms with Crippen molar-refractivity contribution in [2.75, 3.05) is 7.05 Å². The van der Waals surface area contributed by atoms with Crippen LogP contribution in [-0.4, -0.2) is 27.9 Å². The highest BCUT2D eigenvalue weighted by Crippen LogP contribution is 2.41. The first-order valence-corrected chi connectivity index (χ1v) is 6.19. The molecular formula is C12H22N4. The molecule has 1 aliphatic rings. The minimum atomic E-state index is 0.395. The van der Waals surface area contributed by atoms with Gasteiger partial charge in [0, 0.05) is 18.5 Å². The van der Waals surface area contributed by atoms with Crippen molar-refractivity contribution in [2.45, 2.75) is 45.7 Å². The summed E-state index contributed by atoms with van der Waals surface area (Å²) in [5, 5.41) is 7.70. The predicted octanol–water partition coefficient (Wildman–Crippen LogP) is 1.65. The second-order valence-electron chi connectivity index (χ2n) is 5.19. The molecule has 0 radical (unpaired) electrons. The van der Waals surface area contributed by atoms with E-state index in [1.54, 1.807) is 6.33 Å². The smallest absolute Gasteiger partial charge is 0.138 e. The average Bonchev–Trinajstić information content (AvgIpc) is 2.80. The molecule has 3 unspecified atom stereocenters. The van der Waals surface area contributed by atoms with Gasteiger partial charge in [-0.3, -0.25) is 0 Å². The summed E-state index contributed by atoms with van der Waals surface area (Å²) in [5.41, 5.74) is 0. The Morgan fingerprint density at radius 2 is 2.25 bits per heavy atom. The van der Waals surface area contributed by atoms with Crippen LogP contribution >= 0.6 is 0 Å². The fourth-order valence-corrected chi connectivity index (χ4v) is 2.43. The highest BCUT2D eigenvalue weighted by molar-refractivity contribution is 4.99. The van der Waals surface area contributed by atoms with Gasteiger partial charge in [0.25, 0.3) is 0 Å². The largest absolute Gasteiger partial charge is 0.316 e. The van der Waals surface area contributed by atoms with Gasteiger partial charge in [0.15, 0.2) is 0 Å². The molecule has 3 atom stereocenters. The van der Waals surface area contributed by atoms with Crippen LogP contribution in [0.1, 0.15) is 39.1 Å². The van der Waals surface area contributed by atoms with Crippen LogP contribution in [0.4, 0.5) is 0 Å². The Morgan fingerprint density at radius 3 is 2.75 bits per heavy atom. The highest BCUT2D eigenvalue weighted by Gasteiger charge is 2.39. The number of nitrogens with one attached hydrogen (secondary N) is 1. The molecule has 0 amide bonds. The van der Waals surface area contributed by atoms with Gasteiger partial charge in [0.2, 0.25) is 0 Å². The van der Waals surface area contributed by atoms with Gasteiger partial charge in [-0.25, -0.2) is 9.67 Å². The Morgan fingerprint density at radius 1 is 1.56 bits per heavy atom. The third-order valence-electron chi connectivity index (χ3n) is 3.60. The summed E-state index contributed by atoms with van der Waals surface area (Å²) in [7, 11) is 2.05. The molecule has 1 aromatic rings. The third kappa shape index (κ3) is 2.26. The SMILES string of the molecule is CNC(Cc1ncnn1C(C)C)C1CC1C. The van der Waals surface area contributed by atoms with Crippen LogP contribution in [-0.2, 0) is 6.42 Å². The maximum atomic E-state index is 4.37. The lowest BCUT2D eigenvalue weighted by molar-refractivity contribution is 0.436. The van der Waals surface area contributed by atoms with Crippen LogP contribution in [0.2, 0.25) is 0 Å². The van der Waals surface area contributed by atoms with Gasteiger partial charge in [0.05, 0.1) is 0 Å². The summed E-state index contributed by atoms with van der Waals surface area (Å²) in [6.45, 7) is 6.61. The Hall–Kier alpha value is -0.900. The van der Waals surface area contributed by atoms with E-state index in [4.69, 9.17) is 0 Å². The van der Waals surface area contributed by atoms with E-state index in [2.05, 4.69) is 36.2 Å². The highest BCUT2D eigenvalue weighted by atomic mass is 15.3. The second-order valence-corrected chi connectivity index (χ2v) is 5.19. The molecule has 4 nitrogen and oxygen atoms in total. The molecule has 0 spiro atoms. The maximum Gasteiger partial charge on any atom is 0.138 e. The molecule has 90 valence electrons. The quantitative estimate of drug-likeness (QED) is 0.823. The van der Waals surface area contributed by atoms with Crippen molar-refractivity contribution in [3.05, 3.63) is 12.2 Å². The van der Waals surface area contributed by atoms with Gasteiger partial charge in [-0.15, -0.1) is 0 Å². The van der Waals surface area contributed by atoms with E-state index in [9.17, 15) is 0 Å². The molecule has 1 saturated carbocycles. The van der Waals surface area contributed by atoms with Gasteiger partial charge < -0.3 is 5.32 Å². The molecule has 1 N–H and O–H groups in total. The summed E-state index contributed by atoms with van der Waals surface area (Å²) < 4.78 is 2.03. The minimum absolute atomic E-state index is 0.395. The van der Waals surface area contributed by atoms with Crippen molar-refractivity contribution in [3.8, 4) is 0 Å². The number of rotatable bonds is 5. The second kappa shape index (κ2) is 4.53. The van der Waals surface area contributed by atoms with Crippen molar-refractivity contribution in [1.82, 2.24) is 20.1 Å². The fourth-order valence-electron chi connectivity index (χ4n) is 2.43. The van der Waals surface area contributed by atoms with Gasteiger partial charge >= 0.3 is 0 Å². The van der Waals surface area contributed by atoms with E-state index >= 15 is 0 Å². The molecule has 2 rings (SSSR count). The van der Waals surface area contributed by atoms with Crippen LogP contribution in [0.15, 0.2) is 6.33 Å². The zero-order valence-electron chi connectivity index (χ0n) is 10.6. The van der Waals surface area contributed by atoms with Crippen LogP contribution < -0.4 is 5.32 Å². The van der Waals surface area contributed by atoms with Crippen molar-refractivity contribution in [2.24, 2.45) is 11.8 Å². The van der Waals surface area contributed by atoms with E-state index in [1.165, 1.54) is 6.42 Å². The van der Waals surface area contributed by atoms with Crippen LogP contribution in [0.3, 0.4) is 0 Å². The fraction of sp³-hybridized carbons (Fsp3) is 0.833. The molecule has 0 saturated heterocycles. The van der Waals surface area contributed by atoms with Crippen molar-refractivity contribution in [1.29, 1.82) is 0 Å². The third-order valence-corrected chi connectivity index (χ3v) is 3.60. The van der Waals surface area contributed by atoms with E-state index in [-0.39, 0.29) is 0 Å². The lowest BCUT2D eigenvalue weighted by Crippen LogP contribution is -2.31. The summed E-state index contributed by atoms with van der Waals surface area (Å²) in [6, 6.07) is 0.948.